The zero-order valence-electron chi connectivity index (χ0n) is 12.3. The van der Waals surface area contributed by atoms with Gasteiger partial charge in [0.25, 0.3) is 0 Å². The number of carbonyl (C=O) groups excluding carboxylic acids is 1. The van der Waals surface area contributed by atoms with E-state index in [-0.39, 0.29) is 11.3 Å². The average Bonchev–Trinajstić information content (AvgIpc) is 2.91. The van der Waals surface area contributed by atoms with Gasteiger partial charge in [0.15, 0.2) is 0 Å². The molecule has 0 radical (unpaired) electrons. The summed E-state index contributed by atoms with van der Waals surface area (Å²) in [7, 11) is 0. The maximum atomic E-state index is 12.7. The molecule has 5 nitrogen and oxygen atoms in total. The number of ether oxygens (including phenoxy) is 1. The first-order valence-electron chi connectivity index (χ1n) is 8.08. The summed E-state index contributed by atoms with van der Waals surface area (Å²) in [5, 5.41) is 3.32. The Morgan fingerprint density at radius 1 is 1.25 bits per heavy atom. The lowest BCUT2D eigenvalue weighted by Gasteiger charge is -2.37. The largest absolute Gasteiger partial charge is 0.381 e. The van der Waals surface area contributed by atoms with Crippen LogP contribution in [-0.2, 0) is 9.53 Å². The lowest BCUT2D eigenvalue weighted by molar-refractivity contribution is -0.136. The molecule has 0 aliphatic carbocycles. The van der Waals surface area contributed by atoms with Gasteiger partial charge >= 0.3 is 0 Å². The standard InChI is InChI=1S/C15H27N3O2/c16-11-15(5-9-20-10-6-15)14(19)17-12-4-8-18-7-2-1-3-13(12)18/h12-13H,1-11,16H2,(H,17,19). The second-order valence-electron chi connectivity index (χ2n) is 6.56. The molecule has 0 aromatic heterocycles. The van der Waals surface area contributed by atoms with Gasteiger partial charge in [0.1, 0.15) is 0 Å². The highest BCUT2D eigenvalue weighted by molar-refractivity contribution is 5.83. The summed E-state index contributed by atoms with van der Waals surface area (Å²) in [6.07, 6.45) is 6.44. The minimum atomic E-state index is -0.389. The summed E-state index contributed by atoms with van der Waals surface area (Å²) in [5.41, 5.74) is 5.53. The van der Waals surface area contributed by atoms with Crippen LogP contribution in [0.4, 0.5) is 0 Å². The van der Waals surface area contributed by atoms with E-state index in [1.165, 1.54) is 25.8 Å². The molecule has 3 aliphatic rings. The van der Waals surface area contributed by atoms with Crippen LogP contribution in [0.5, 0.6) is 0 Å². The van der Waals surface area contributed by atoms with Crippen molar-refractivity contribution in [2.45, 2.75) is 50.6 Å². The Kier molecular flexibility index (Phi) is 4.29. The highest BCUT2D eigenvalue weighted by Crippen LogP contribution is 2.32. The summed E-state index contributed by atoms with van der Waals surface area (Å²) in [6.45, 7) is 4.08. The van der Waals surface area contributed by atoms with Gasteiger partial charge in [-0.05, 0) is 38.6 Å². The summed E-state index contributed by atoms with van der Waals surface area (Å²) < 4.78 is 5.39. The Hall–Kier alpha value is -0.650. The highest BCUT2D eigenvalue weighted by Gasteiger charge is 2.42. The first kappa shape index (κ1) is 14.3. The van der Waals surface area contributed by atoms with E-state index in [0.29, 0.717) is 31.8 Å². The van der Waals surface area contributed by atoms with Crippen LogP contribution in [-0.4, -0.2) is 55.7 Å². The topological polar surface area (TPSA) is 67.6 Å². The smallest absolute Gasteiger partial charge is 0.227 e. The van der Waals surface area contributed by atoms with Gasteiger partial charge in [-0.2, -0.15) is 0 Å². The fraction of sp³-hybridized carbons (Fsp3) is 0.933. The molecule has 2 atom stereocenters. The van der Waals surface area contributed by atoms with Gasteiger partial charge in [-0.3, -0.25) is 9.69 Å². The van der Waals surface area contributed by atoms with Crippen LogP contribution in [0, 0.1) is 5.41 Å². The third-order valence-electron chi connectivity index (χ3n) is 5.49. The molecule has 1 amide bonds. The highest BCUT2D eigenvalue weighted by atomic mass is 16.5. The number of hydrogen-bond donors (Lipinski definition) is 2. The molecule has 3 saturated heterocycles. The first-order chi connectivity index (χ1) is 9.75. The molecule has 5 heteroatoms. The van der Waals surface area contributed by atoms with E-state index in [2.05, 4.69) is 10.2 Å². The van der Waals surface area contributed by atoms with Crippen molar-refractivity contribution in [3.05, 3.63) is 0 Å². The molecule has 0 bridgehead atoms. The maximum absolute atomic E-state index is 12.7. The Labute approximate surface area is 121 Å². The number of carbonyl (C=O) groups is 1. The number of nitrogens with one attached hydrogen (secondary N) is 1. The van der Waals surface area contributed by atoms with E-state index in [4.69, 9.17) is 10.5 Å². The molecule has 3 rings (SSSR count). The van der Waals surface area contributed by atoms with Crippen molar-refractivity contribution in [3.8, 4) is 0 Å². The van der Waals surface area contributed by atoms with Gasteiger partial charge in [0.05, 0.1) is 5.41 Å². The van der Waals surface area contributed by atoms with Crippen molar-refractivity contribution in [1.82, 2.24) is 10.2 Å². The molecular weight excluding hydrogens is 254 g/mol. The minimum absolute atomic E-state index is 0.167. The molecule has 0 aromatic carbocycles. The van der Waals surface area contributed by atoms with E-state index in [0.717, 1.165) is 25.8 Å². The number of rotatable bonds is 3. The maximum Gasteiger partial charge on any atom is 0.227 e. The quantitative estimate of drug-likeness (QED) is 0.790. The van der Waals surface area contributed by atoms with Gasteiger partial charge in [-0.15, -0.1) is 0 Å². The van der Waals surface area contributed by atoms with Crippen LogP contribution < -0.4 is 11.1 Å². The van der Waals surface area contributed by atoms with Crippen molar-refractivity contribution in [2.24, 2.45) is 11.1 Å². The van der Waals surface area contributed by atoms with E-state index in [9.17, 15) is 4.79 Å². The number of piperidine rings is 1. The minimum Gasteiger partial charge on any atom is -0.381 e. The van der Waals surface area contributed by atoms with Gasteiger partial charge in [0.2, 0.25) is 5.91 Å². The SMILES string of the molecule is NCC1(C(=O)NC2CCN3CCCCC23)CCOCC1. The number of nitrogens with two attached hydrogens (primary N) is 1. The third kappa shape index (κ3) is 2.59. The van der Waals surface area contributed by atoms with Crippen molar-refractivity contribution in [2.75, 3.05) is 32.8 Å². The lowest BCUT2D eigenvalue weighted by atomic mass is 9.79. The Morgan fingerprint density at radius 3 is 2.80 bits per heavy atom. The van der Waals surface area contributed by atoms with Crippen LogP contribution in [0.25, 0.3) is 0 Å². The summed E-state index contributed by atoms with van der Waals surface area (Å²) in [6, 6.07) is 0.886. The molecular formula is C15H27N3O2. The number of amides is 1. The summed E-state index contributed by atoms with van der Waals surface area (Å²) in [4.78, 5) is 15.3. The predicted molar refractivity (Wildman–Crippen MR) is 77.3 cm³/mol. The molecule has 3 N–H and O–H groups in total. The zero-order chi connectivity index (χ0) is 14.0. The fourth-order valence-corrected chi connectivity index (χ4v) is 4.02. The second kappa shape index (κ2) is 6.00. The molecule has 0 spiro atoms. The van der Waals surface area contributed by atoms with Crippen molar-refractivity contribution < 1.29 is 9.53 Å². The van der Waals surface area contributed by atoms with Crippen molar-refractivity contribution >= 4 is 5.91 Å². The lowest BCUT2D eigenvalue weighted by Crippen LogP contribution is -2.54. The monoisotopic (exact) mass is 281 g/mol. The Morgan fingerprint density at radius 2 is 2.05 bits per heavy atom. The van der Waals surface area contributed by atoms with Gasteiger partial charge in [0, 0.05) is 38.4 Å². The van der Waals surface area contributed by atoms with Gasteiger partial charge in [-0.1, -0.05) is 6.42 Å². The van der Waals surface area contributed by atoms with Gasteiger partial charge < -0.3 is 15.8 Å². The van der Waals surface area contributed by atoms with Crippen molar-refractivity contribution in [1.29, 1.82) is 0 Å². The molecule has 20 heavy (non-hydrogen) atoms. The Bertz CT molecular complexity index is 355. The van der Waals surface area contributed by atoms with Crippen LogP contribution in [0.1, 0.15) is 38.5 Å². The third-order valence-corrected chi connectivity index (χ3v) is 5.49. The van der Waals surface area contributed by atoms with E-state index < -0.39 is 0 Å². The fourth-order valence-electron chi connectivity index (χ4n) is 4.02. The first-order valence-corrected chi connectivity index (χ1v) is 8.08. The summed E-state index contributed by atoms with van der Waals surface area (Å²) in [5.74, 6) is 0.167. The Balaban J connectivity index is 1.63. The predicted octanol–water partition coefficient (Wildman–Crippen LogP) is 0.485. The molecule has 3 fully saturated rings. The molecule has 3 aliphatic heterocycles. The number of nitrogens with zero attached hydrogens (tertiary/aromatic N) is 1. The summed E-state index contributed by atoms with van der Waals surface area (Å²) >= 11 is 0. The molecule has 114 valence electrons. The normalized spacial score (nSPS) is 33.6. The average molecular weight is 281 g/mol. The van der Waals surface area contributed by atoms with Gasteiger partial charge in [-0.25, -0.2) is 0 Å². The van der Waals surface area contributed by atoms with Crippen LogP contribution >= 0.6 is 0 Å². The van der Waals surface area contributed by atoms with E-state index in [1.54, 1.807) is 0 Å². The van der Waals surface area contributed by atoms with E-state index in [1.807, 2.05) is 0 Å². The zero-order valence-corrected chi connectivity index (χ0v) is 12.3. The molecule has 0 saturated carbocycles. The number of fused-ring (bicyclic) bond motifs is 1. The second-order valence-corrected chi connectivity index (χ2v) is 6.56. The molecule has 0 aromatic rings. The molecule has 3 heterocycles. The van der Waals surface area contributed by atoms with Crippen molar-refractivity contribution in [3.63, 3.8) is 0 Å². The molecule has 2 unspecified atom stereocenters. The van der Waals surface area contributed by atoms with Crippen LogP contribution in [0.15, 0.2) is 0 Å². The van der Waals surface area contributed by atoms with E-state index >= 15 is 0 Å². The van der Waals surface area contributed by atoms with Crippen LogP contribution in [0.2, 0.25) is 0 Å². The van der Waals surface area contributed by atoms with Crippen LogP contribution in [0.3, 0.4) is 0 Å². The number of hydrogen-bond acceptors (Lipinski definition) is 4.